The van der Waals surface area contributed by atoms with E-state index < -0.39 is 10.1 Å². The summed E-state index contributed by atoms with van der Waals surface area (Å²) in [5.41, 5.74) is 2.13. The first kappa shape index (κ1) is 23.3. The summed E-state index contributed by atoms with van der Waals surface area (Å²) in [6.45, 7) is 3.30. The van der Waals surface area contributed by atoms with Crippen LogP contribution in [0.2, 0.25) is 0 Å². The molecule has 0 spiro atoms. The molecule has 1 aliphatic carbocycles. The zero-order valence-electron chi connectivity index (χ0n) is 20.0. The summed E-state index contributed by atoms with van der Waals surface area (Å²) in [7, 11) is -4.03. The molecule has 1 saturated carbocycles. The second-order valence-electron chi connectivity index (χ2n) is 9.22. The van der Waals surface area contributed by atoms with Crippen molar-refractivity contribution in [3.63, 3.8) is 0 Å². The number of carbonyl (C=O) groups excluding carboxylic acids is 1. The highest BCUT2D eigenvalue weighted by Crippen LogP contribution is 2.30. The zero-order chi connectivity index (χ0) is 25.4. The highest BCUT2D eigenvalue weighted by atomic mass is 32.2. The molecule has 2 N–H and O–H groups in total. The molecule has 10 nitrogen and oxygen atoms in total. The average molecular weight is 519 g/mol. The molecule has 1 aliphatic heterocycles. The van der Waals surface area contributed by atoms with Gasteiger partial charge in [0.2, 0.25) is 11.9 Å². The minimum absolute atomic E-state index is 0.0554. The molecule has 3 heterocycles. The lowest BCUT2D eigenvalue weighted by atomic mass is 10.2. The minimum Gasteiger partial charge on any atom is -0.379 e. The Hall–Kier alpha value is -4.12. The van der Waals surface area contributed by atoms with Crippen LogP contribution in [0.1, 0.15) is 12.8 Å². The Morgan fingerprint density at radius 2 is 1.73 bits per heavy atom. The van der Waals surface area contributed by atoms with Crippen molar-refractivity contribution < 1.29 is 17.4 Å². The highest BCUT2D eigenvalue weighted by molar-refractivity contribution is 7.87. The van der Waals surface area contributed by atoms with Crippen molar-refractivity contribution >= 4 is 44.5 Å². The van der Waals surface area contributed by atoms with Gasteiger partial charge in [0.25, 0.3) is 0 Å². The number of imidazole rings is 1. The lowest BCUT2D eigenvalue weighted by molar-refractivity contribution is -0.117. The summed E-state index contributed by atoms with van der Waals surface area (Å²) in [5.74, 6) is 1.46. The fourth-order valence-corrected chi connectivity index (χ4v) is 5.32. The van der Waals surface area contributed by atoms with Gasteiger partial charge in [-0.05, 0) is 61.4 Å². The summed E-state index contributed by atoms with van der Waals surface area (Å²) in [6, 6.07) is 17.4. The van der Waals surface area contributed by atoms with Crippen LogP contribution >= 0.6 is 0 Å². The van der Waals surface area contributed by atoms with Gasteiger partial charge in [-0.15, -0.1) is 0 Å². The van der Waals surface area contributed by atoms with E-state index in [2.05, 4.69) is 30.1 Å². The fraction of sp³-hybridized carbons (Fsp3) is 0.269. The smallest absolute Gasteiger partial charge is 0.339 e. The van der Waals surface area contributed by atoms with E-state index in [4.69, 9.17) is 4.18 Å². The molecule has 2 aliphatic rings. The molecule has 4 aromatic rings. The molecule has 1 saturated heterocycles. The first-order valence-electron chi connectivity index (χ1n) is 12.2. The van der Waals surface area contributed by atoms with Crippen LogP contribution in [-0.2, 0) is 14.9 Å². The second kappa shape index (κ2) is 9.40. The van der Waals surface area contributed by atoms with Crippen LogP contribution in [0, 0.1) is 5.92 Å². The fourth-order valence-electron chi connectivity index (χ4n) is 4.40. The normalized spacial score (nSPS) is 16.1. The van der Waals surface area contributed by atoms with Crippen molar-refractivity contribution in [1.82, 2.24) is 15.0 Å². The Kier molecular flexibility index (Phi) is 5.91. The molecule has 0 bridgehead atoms. The van der Waals surface area contributed by atoms with Crippen LogP contribution < -0.4 is 19.3 Å². The number of hydrogen-bond acceptors (Lipinski definition) is 8. The molecule has 0 atom stereocenters. The van der Waals surface area contributed by atoms with E-state index in [1.165, 1.54) is 0 Å². The van der Waals surface area contributed by atoms with Gasteiger partial charge in [0.05, 0.1) is 11.0 Å². The summed E-state index contributed by atoms with van der Waals surface area (Å²) < 4.78 is 31.2. The van der Waals surface area contributed by atoms with Gasteiger partial charge in [0.1, 0.15) is 16.5 Å². The number of rotatable bonds is 7. The topological polar surface area (TPSA) is 121 Å². The zero-order valence-corrected chi connectivity index (χ0v) is 20.8. The maximum atomic E-state index is 12.9. The largest absolute Gasteiger partial charge is 0.379 e. The Morgan fingerprint density at radius 1 is 0.973 bits per heavy atom. The molecule has 2 aromatic heterocycles. The number of aromatic amines is 1. The van der Waals surface area contributed by atoms with Crippen LogP contribution in [0.25, 0.3) is 11.0 Å². The van der Waals surface area contributed by atoms with Gasteiger partial charge in [0.15, 0.2) is 0 Å². The van der Waals surface area contributed by atoms with E-state index >= 15 is 0 Å². The van der Waals surface area contributed by atoms with Crippen LogP contribution in [0.15, 0.2) is 71.8 Å². The molecule has 0 radical (unpaired) electrons. The van der Waals surface area contributed by atoms with Crippen molar-refractivity contribution in [3.05, 3.63) is 66.9 Å². The van der Waals surface area contributed by atoms with Crippen molar-refractivity contribution in [2.24, 2.45) is 5.92 Å². The first-order valence-corrected chi connectivity index (χ1v) is 13.6. The number of anilines is 3. The number of H-pyrrole nitrogens is 1. The molecule has 190 valence electrons. The van der Waals surface area contributed by atoms with E-state index in [0.717, 1.165) is 50.5 Å². The number of benzene rings is 2. The maximum absolute atomic E-state index is 12.9. The third-order valence-corrected chi connectivity index (χ3v) is 7.85. The monoisotopic (exact) mass is 518 g/mol. The van der Waals surface area contributed by atoms with Crippen molar-refractivity contribution in [2.75, 3.05) is 41.3 Å². The molecular formula is C26H26N6O4S. The number of fused-ring (bicyclic) bond motifs is 1. The molecule has 0 unspecified atom stereocenters. The van der Waals surface area contributed by atoms with Crippen molar-refractivity contribution in [3.8, 4) is 5.75 Å². The molecule has 6 rings (SSSR count). The number of aromatic nitrogens is 3. The van der Waals surface area contributed by atoms with E-state index in [9.17, 15) is 13.2 Å². The highest BCUT2D eigenvalue weighted by Gasteiger charge is 2.30. The van der Waals surface area contributed by atoms with Crippen LogP contribution in [0.5, 0.6) is 5.75 Å². The van der Waals surface area contributed by atoms with E-state index in [1.807, 2.05) is 18.2 Å². The summed E-state index contributed by atoms with van der Waals surface area (Å²) in [6.07, 6.45) is 3.58. The summed E-state index contributed by atoms with van der Waals surface area (Å²) in [4.78, 5) is 28.3. The predicted molar refractivity (Wildman–Crippen MR) is 140 cm³/mol. The van der Waals surface area contributed by atoms with Crippen molar-refractivity contribution in [1.29, 1.82) is 0 Å². The van der Waals surface area contributed by atoms with Crippen LogP contribution in [-0.4, -0.2) is 55.5 Å². The number of piperazine rings is 1. The SMILES string of the molecule is O=C(Nc1nc2ccc(OS(=O)(=O)c3ccc(N4CCN(c5ccccn5)CC4)cc3)cc2[nH]1)C1CC1. The van der Waals surface area contributed by atoms with Gasteiger partial charge in [0, 0.05) is 50.0 Å². The van der Waals surface area contributed by atoms with Gasteiger partial charge in [-0.25, -0.2) is 9.97 Å². The van der Waals surface area contributed by atoms with Gasteiger partial charge in [-0.2, -0.15) is 8.42 Å². The van der Waals surface area contributed by atoms with Gasteiger partial charge in [-0.3, -0.25) is 10.1 Å². The molecule has 37 heavy (non-hydrogen) atoms. The summed E-state index contributed by atoms with van der Waals surface area (Å²) >= 11 is 0. The first-order chi connectivity index (χ1) is 17.9. The summed E-state index contributed by atoms with van der Waals surface area (Å²) in [5, 5.41) is 2.76. The Bertz CT molecular complexity index is 1530. The number of pyridine rings is 1. The Balaban J connectivity index is 1.10. The number of hydrogen-bond donors (Lipinski definition) is 2. The maximum Gasteiger partial charge on any atom is 0.339 e. The van der Waals surface area contributed by atoms with E-state index in [-0.39, 0.29) is 22.5 Å². The van der Waals surface area contributed by atoms with Crippen LogP contribution in [0.3, 0.4) is 0 Å². The molecule has 1 amide bonds. The Morgan fingerprint density at radius 3 is 2.43 bits per heavy atom. The number of carbonyl (C=O) groups is 1. The van der Waals surface area contributed by atoms with Gasteiger partial charge < -0.3 is 19.0 Å². The predicted octanol–water partition coefficient (Wildman–Crippen LogP) is 3.40. The molecule has 11 heteroatoms. The quantitative estimate of drug-likeness (QED) is 0.357. The van der Waals surface area contributed by atoms with E-state index in [1.54, 1.807) is 48.7 Å². The third kappa shape index (κ3) is 5.08. The lowest BCUT2D eigenvalue weighted by Crippen LogP contribution is -2.46. The molecule has 2 fully saturated rings. The van der Waals surface area contributed by atoms with E-state index in [0.29, 0.717) is 17.0 Å². The van der Waals surface area contributed by atoms with Crippen LogP contribution in [0.4, 0.5) is 17.5 Å². The standard InChI is InChI=1S/C26H26N6O4S/c33-25(18-4-5-18)30-26-28-22-11-8-20(17-23(22)29-26)36-37(34,35)21-9-6-19(7-10-21)31-13-15-32(16-14-31)24-3-1-2-12-27-24/h1-3,6-12,17-18H,4-5,13-16H2,(H2,28,29,30,33). The van der Waals surface area contributed by atoms with Crippen molar-refractivity contribution in [2.45, 2.75) is 17.7 Å². The molecule has 2 aromatic carbocycles. The van der Waals surface area contributed by atoms with Gasteiger partial charge in [-0.1, -0.05) is 6.07 Å². The second-order valence-corrected chi connectivity index (χ2v) is 10.8. The Labute approximate surface area is 214 Å². The number of nitrogens with zero attached hydrogens (tertiary/aromatic N) is 4. The van der Waals surface area contributed by atoms with Gasteiger partial charge >= 0.3 is 10.1 Å². The number of nitrogens with one attached hydrogen (secondary N) is 2. The minimum atomic E-state index is -4.03. The molecular weight excluding hydrogens is 492 g/mol. The lowest BCUT2D eigenvalue weighted by Gasteiger charge is -2.36. The number of amides is 1. The third-order valence-electron chi connectivity index (χ3n) is 6.59. The average Bonchev–Trinajstić information content (AvgIpc) is 3.70.